The molecule has 0 radical (unpaired) electrons. The van der Waals surface area contributed by atoms with Gasteiger partial charge in [0.25, 0.3) is 0 Å². The number of ether oxygens (including phenoxy) is 2. The number of hydrogen-bond acceptors (Lipinski definition) is 7. The van der Waals surface area contributed by atoms with E-state index in [1.54, 1.807) is 38.8 Å². The molecule has 1 amide bonds. The fourth-order valence-corrected chi connectivity index (χ4v) is 3.80. The number of hydrogen-bond donors (Lipinski definition) is 2. The molecule has 4 rings (SSSR count). The number of nitrogens with zero attached hydrogens (tertiary/aromatic N) is 2. The van der Waals surface area contributed by atoms with Crippen LogP contribution in [0.15, 0.2) is 78.4 Å². The molecule has 0 aliphatic heterocycles. The van der Waals surface area contributed by atoms with Crippen LogP contribution in [0.2, 0.25) is 0 Å². The van der Waals surface area contributed by atoms with E-state index >= 15 is 0 Å². The summed E-state index contributed by atoms with van der Waals surface area (Å²) in [5.74, 6) is 1.02. The lowest BCUT2D eigenvalue weighted by Crippen LogP contribution is -2.07. The highest BCUT2D eigenvalue weighted by Gasteiger charge is 2.06. The minimum Gasteiger partial charge on any atom is -0.493 e. The van der Waals surface area contributed by atoms with E-state index in [0.29, 0.717) is 17.2 Å². The van der Waals surface area contributed by atoms with Crippen LogP contribution in [0.5, 0.6) is 11.5 Å². The van der Waals surface area contributed by atoms with E-state index in [1.807, 2.05) is 53.9 Å². The molecule has 2 aromatic carbocycles. The van der Waals surface area contributed by atoms with Gasteiger partial charge >= 0.3 is 0 Å². The van der Waals surface area contributed by atoms with Crippen molar-refractivity contribution in [3.8, 4) is 22.8 Å². The van der Waals surface area contributed by atoms with E-state index in [-0.39, 0.29) is 5.91 Å². The van der Waals surface area contributed by atoms with Crippen LogP contribution in [0.1, 0.15) is 5.56 Å². The molecule has 0 saturated carbocycles. The van der Waals surface area contributed by atoms with Crippen molar-refractivity contribution in [2.45, 2.75) is 0 Å². The summed E-state index contributed by atoms with van der Waals surface area (Å²) >= 11 is 1.53. The molecule has 33 heavy (non-hydrogen) atoms. The summed E-state index contributed by atoms with van der Waals surface area (Å²) in [6, 6.07) is 16.8. The smallest absolute Gasteiger partial charge is 0.248 e. The van der Waals surface area contributed by atoms with E-state index in [2.05, 4.69) is 20.6 Å². The molecule has 4 aromatic rings. The number of rotatable bonds is 8. The fourth-order valence-electron chi connectivity index (χ4n) is 3.06. The van der Waals surface area contributed by atoms with Crippen LogP contribution in [0.4, 0.5) is 16.5 Å². The van der Waals surface area contributed by atoms with Gasteiger partial charge in [0, 0.05) is 40.8 Å². The van der Waals surface area contributed by atoms with Gasteiger partial charge in [0.1, 0.15) is 0 Å². The SMILES string of the molecule is COc1ccc(/C=C/C(=O)Nc2ccc(Nc3nc(-c4ccncc4)cs3)cc2)cc1OC. The van der Waals surface area contributed by atoms with Crippen LogP contribution in [-0.2, 0) is 4.79 Å². The van der Waals surface area contributed by atoms with E-state index in [1.165, 1.54) is 17.4 Å². The predicted molar refractivity (Wildman–Crippen MR) is 132 cm³/mol. The standard InChI is InChI=1S/C25H22N4O3S/c1-31-22-9-3-17(15-23(22)32-2)4-10-24(30)27-19-5-7-20(8-6-19)28-25-29-21(16-33-25)18-11-13-26-14-12-18/h3-16H,1-2H3,(H,27,30)(H,28,29)/b10-4+. The van der Waals surface area contributed by atoms with Crippen molar-refractivity contribution in [2.24, 2.45) is 0 Å². The van der Waals surface area contributed by atoms with Gasteiger partial charge in [0.15, 0.2) is 16.6 Å². The van der Waals surface area contributed by atoms with Crippen molar-refractivity contribution in [3.05, 3.63) is 84.0 Å². The number of pyridine rings is 1. The van der Waals surface area contributed by atoms with E-state index < -0.39 is 0 Å². The van der Waals surface area contributed by atoms with Gasteiger partial charge in [0.2, 0.25) is 5.91 Å². The first-order valence-corrected chi connectivity index (χ1v) is 11.0. The quantitative estimate of drug-likeness (QED) is 0.334. The third kappa shape index (κ3) is 5.75. The highest BCUT2D eigenvalue weighted by Crippen LogP contribution is 2.28. The second-order valence-corrected chi connectivity index (χ2v) is 7.77. The van der Waals surface area contributed by atoms with E-state index in [0.717, 1.165) is 27.6 Å². The molecule has 7 nitrogen and oxygen atoms in total. The summed E-state index contributed by atoms with van der Waals surface area (Å²) in [7, 11) is 3.16. The van der Waals surface area contributed by atoms with Gasteiger partial charge in [0.05, 0.1) is 19.9 Å². The molecule has 0 saturated heterocycles. The molecular weight excluding hydrogens is 436 g/mol. The van der Waals surface area contributed by atoms with Gasteiger partial charge in [-0.15, -0.1) is 11.3 Å². The van der Waals surface area contributed by atoms with E-state index in [4.69, 9.17) is 9.47 Å². The van der Waals surface area contributed by atoms with Gasteiger partial charge in [-0.3, -0.25) is 9.78 Å². The van der Waals surface area contributed by atoms with Crippen molar-refractivity contribution in [3.63, 3.8) is 0 Å². The van der Waals surface area contributed by atoms with Crippen molar-refractivity contribution < 1.29 is 14.3 Å². The van der Waals surface area contributed by atoms with Crippen LogP contribution in [0.3, 0.4) is 0 Å². The molecule has 0 atom stereocenters. The van der Waals surface area contributed by atoms with Gasteiger partial charge < -0.3 is 20.1 Å². The average molecular weight is 459 g/mol. The van der Waals surface area contributed by atoms with Crippen LogP contribution >= 0.6 is 11.3 Å². The number of aromatic nitrogens is 2. The highest BCUT2D eigenvalue weighted by molar-refractivity contribution is 7.14. The van der Waals surface area contributed by atoms with Crippen LogP contribution in [-0.4, -0.2) is 30.1 Å². The number of carbonyl (C=O) groups excluding carboxylic acids is 1. The molecule has 2 aromatic heterocycles. The third-order valence-electron chi connectivity index (χ3n) is 4.72. The Morgan fingerprint density at radius 1 is 0.939 bits per heavy atom. The van der Waals surface area contributed by atoms with E-state index in [9.17, 15) is 4.79 Å². The van der Waals surface area contributed by atoms with Crippen molar-refractivity contribution in [1.82, 2.24) is 9.97 Å². The Hall–Kier alpha value is -4.17. The summed E-state index contributed by atoms with van der Waals surface area (Å²) in [6.07, 6.45) is 6.69. The number of thiazole rings is 1. The molecule has 0 aliphatic carbocycles. The first-order valence-electron chi connectivity index (χ1n) is 10.1. The lowest BCUT2D eigenvalue weighted by atomic mass is 10.2. The molecule has 8 heteroatoms. The fraction of sp³-hybridized carbons (Fsp3) is 0.0800. The van der Waals surface area contributed by atoms with Gasteiger partial charge in [-0.1, -0.05) is 6.07 Å². The summed E-state index contributed by atoms with van der Waals surface area (Å²) in [5.41, 5.74) is 4.32. The molecular formula is C25H22N4O3S. The number of nitrogens with one attached hydrogen (secondary N) is 2. The molecule has 2 heterocycles. The predicted octanol–water partition coefficient (Wildman–Crippen LogP) is 5.62. The van der Waals surface area contributed by atoms with Gasteiger partial charge in [-0.25, -0.2) is 4.98 Å². The minimum atomic E-state index is -0.229. The van der Waals surface area contributed by atoms with Crippen molar-refractivity contribution in [1.29, 1.82) is 0 Å². The maximum atomic E-state index is 12.3. The molecule has 2 N–H and O–H groups in total. The lowest BCUT2D eigenvalue weighted by molar-refractivity contribution is -0.111. The summed E-state index contributed by atoms with van der Waals surface area (Å²) < 4.78 is 10.5. The third-order valence-corrected chi connectivity index (χ3v) is 5.48. The molecule has 0 spiro atoms. The number of methoxy groups -OCH3 is 2. The Morgan fingerprint density at radius 2 is 1.67 bits per heavy atom. The number of benzene rings is 2. The van der Waals surface area contributed by atoms with Crippen molar-refractivity contribution in [2.75, 3.05) is 24.9 Å². The molecule has 0 unspecified atom stereocenters. The normalized spacial score (nSPS) is 10.7. The molecule has 0 aliphatic rings. The maximum absolute atomic E-state index is 12.3. The number of carbonyl (C=O) groups is 1. The Kier molecular flexibility index (Phi) is 6.96. The largest absolute Gasteiger partial charge is 0.493 e. The Labute approximate surface area is 195 Å². The van der Waals surface area contributed by atoms with Crippen LogP contribution in [0, 0.1) is 0 Å². The maximum Gasteiger partial charge on any atom is 0.248 e. The summed E-state index contributed by atoms with van der Waals surface area (Å²) in [4.78, 5) is 20.9. The summed E-state index contributed by atoms with van der Waals surface area (Å²) in [6.45, 7) is 0. The molecule has 166 valence electrons. The first-order chi connectivity index (χ1) is 16.1. The average Bonchev–Trinajstić information content (AvgIpc) is 3.33. The first kappa shape index (κ1) is 22.0. The number of amides is 1. The Morgan fingerprint density at radius 3 is 2.39 bits per heavy atom. The second-order valence-electron chi connectivity index (χ2n) is 6.91. The van der Waals surface area contributed by atoms with Crippen LogP contribution < -0.4 is 20.1 Å². The topological polar surface area (TPSA) is 85.4 Å². The molecule has 0 fully saturated rings. The van der Waals surface area contributed by atoms with Gasteiger partial charge in [-0.05, 0) is 60.2 Å². The van der Waals surface area contributed by atoms with Crippen molar-refractivity contribution >= 4 is 39.8 Å². The molecule has 0 bridgehead atoms. The Bertz CT molecular complexity index is 1250. The van der Waals surface area contributed by atoms with Crippen LogP contribution in [0.25, 0.3) is 17.3 Å². The lowest BCUT2D eigenvalue weighted by Gasteiger charge is -2.08. The second kappa shape index (κ2) is 10.4. The Balaban J connectivity index is 1.34. The zero-order chi connectivity index (χ0) is 23.0. The zero-order valence-corrected chi connectivity index (χ0v) is 18.9. The monoisotopic (exact) mass is 458 g/mol. The van der Waals surface area contributed by atoms with Gasteiger partial charge in [-0.2, -0.15) is 0 Å². The summed E-state index contributed by atoms with van der Waals surface area (Å²) in [5, 5.41) is 8.92. The highest BCUT2D eigenvalue weighted by atomic mass is 32.1. The minimum absolute atomic E-state index is 0.229. The number of anilines is 3. The zero-order valence-electron chi connectivity index (χ0n) is 18.1.